The van der Waals surface area contributed by atoms with E-state index in [2.05, 4.69) is 9.71 Å². The maximum Gasteiger partial charge on any atom is 0.264 e. The number of rotatable bonds is 4. The Balaban J connectivity index is 2.05. The molecule has 3 rings (SSSR count). The van der Waals surface area contributed by atoms with Gasteiger partial charge >= 0.3 is 0 Å². The van der Waals surface area contributed by atoms with Crippen molar-refractivity contribution < 1.29 is 21.2 Å². The summed E-state index contributed by atoms with van der Waals surface area (Å²) in [5, 5.41) is 0.426. The first-order valence-corrected chi connectivity index (χ1v) is 10.6. The van der Waals surface area contributed by atoms with Crippen molar-refractivity contribution in [1.82, 2.24) is 4.98 Å². The summed E-state index contributed by atoms with van der Waals surface area (Å²) in [7, 11) is -7.52. The number of aromatic amines is 1. The summed E-state index contributed by atoms with van der Waals surface area (Å²) in [6.07, 6.45) is 2.27. The molecule has 2 aromatic carbocycles. The van der Waals surface area contributed by atoms with Gasteiger partial charge in [-0.3, -0.25) is 4.72 Å². The van der Waals surface area contributed by atoms with Crippen LogP contribution >= 0.6 is 11.6 Å². The molecule has 1 aromatic heterocycles. The highest BCUT2D eigenvalue weighted by Crippen LogP contribution is 2.28. The predicted molar refractivity (Wildman–Crippen MR) is 93.6 cm³/mol. The molecular weight excluding hydrogens is 391 g/mol. The largest absolute Gasteiger partial charge is 0.360 e. The van der Waals surface area contributed by atoms with Gasteiger partial charge < -0.3 is 4.98 Å². The van der Waals surface area contributed by atoms with Gasteiger partial charge in [-0.05, 0) is 30.3 Å². The lowest BCUT2D eigenvalue weighted by molar-refractivity contribution is 0.599. The third-order valence-electron chi connectivity index (χ3n) is 3.51. The maximum atomic E-state index is 13.8. The molecule has 25 heavy (non-hydrogen) atoms. The zero-order valence-electron chi connectivity index (χ0n) is 12.7. The van der Waals surface area contributed by atoms with Crippen molar-refractivity contribution in [3.63, 3.8) is 0 Å². The van der Waals surface area contributed by atoms with Crippen molar-refractivity contribution in [2.75, 3.05) is 11.0 Å². The maximum absolute atomic E-state index is 13.8. The van der Waals surface area contributed by atoms with Crippen LogP contribution in [0.3, 0.4) is 0 Å². The smallest absolute Gasteiger partial charge is 0.264 e. The lowest BCUT2D eigenvalue weighted by Crippen LogP contribution is -2.13. The molecule has 132 valence electrons. The lowest BCUT2D eigenvalue weighted by Gasteiger charge is -2.08. The molecule has 0 unspecified atom stereocenters. The monoisotopic (exact) mass is 402 g/mol. The molecule has 0 fully saturated rings. The Morgan fingerprint density at radius 2 is 1.80 bits per heavy atom. The van der Waals surface area contributed by atoms with Gasteiger partial charge in [0.25, 0.3) is 10.0 Å². The van der Waals surface area contributed by atoms with Gasteiger partial charge in [-0.1, -0.05) is 17.7 Å². The number of sulfone groups is 1. The van der Waals surface area contributed by atoms with Crippen LogP contribution in [-0.2, 0) is 19.9 Å². The first-order chi connectivity index (χ1) is 11.6. The van der Waals surface area contributed by atoms with Crippen LogP contribution in [0, 0.1) is 5.82 Å². The summed E-state index contributed by atoms with van der Waals surface area (Å²) in [5.74, 6) is -0.810. The Bertz CT molecular complexity index is 1190. The van der Waals surface area contributed by atoms with Crippen LogP contribution in [0.2, 0.25) is 5.02 Å². The van der Waals surface area contributed by atoms with Gasteiger partial charge in [-0.15, -0.1) is 0 Å². The quantitative estimate of drug-likeness (QED) is 0.700. The van der Waals surface area contributed by atoms with E-state index in [9.17, 15) is 21.2 Å². The second kappa shape index (κ2) is 6.01. The van der Waals surface area contributed by atoms with E-state index >= 15 is 0 Å². The number of fused-ring (bicyclic) bond motifs is 1. The first-order valence-electron chi connectivity index (χ1n) is 6.87. The Morgan fingerprint density at radius 1 is 1.08 bits per heavy atom. The third kappa shape index (κ3) is 3.48. The van der Waals surface area contributed by atoms with Crippen molar-refractivity contribution in [2.45, 2.75) is 9.79 Å². The van der Waals surface area contributed by atoms with Crippen LogP contribution in [0.1, 0.15) is 0 Å². The van der Waals surface area contributed by atoms with Crippen molar-refractivity contribution in [3.8, 4) is 0 Å². The first kappa shape index (κ1) is 17.7. The highest BCUT2D eigenvalue weighted by molar-refractivity contribution is 7.93. The van der Waals surface area contributed by atoms with E-state index < -0.39 is 25.7 Å². The van der Waals surface area contributed by atoms with Crippen LogP contribution in [0.4, 0.5) is 10.1 Å². The number of sulfonamides is 1. The second-order valence-corrected chi connectivity index (χ2v) is 9.47. The average Bonchev–Trinajstić information content (AvgIpc) is 2.93. The van der Waals surface area contributed by atoms with Gasteiger partial charge in [-0.2, -0.15) is 0 Å². The van der Waals surface area contributed by atoms with Gasteiger partial charge in [0.15, 0.2) is 9.84 Å². The van der Waals surface area contributed by atoms with Gasteiger partial charge in [-0.25, -0.2) is 21.2 Å². The fourth-order valence-electron chi connectivity index (χ4n) is 2.30. The number of hydrogen-bond acceptors (Lipinski definition) is 4. The minimum absolute atomic E-state index is 0.0579. The third-order valence-corrected chi connectivity index (χ3v) is 6.26. The molecule has 0 aliphatic heterocycles. The average molecular weight is 403 g/mol. The molecule has 3 aromatic rings. The van der Waals surface area contributed by atoms with E-state index in [4.69, 9.17) is 11.6 Å². The second-order valence-electron chi connectivity index (χ2n) is 5.36. The zero-order valence-corrected chi connectivity index (χ0v) is 15.1. The molecule has 0 radical (unpaired) electrons. The van der Waals surface area contributed by atoms with Gasteiger partial charge in [0.05, 0.1) is 10.6 Å². The molecule has 1 heterocycles. The molecular formula is C15H12ClFN2O4S2. The number of anilines is 1. The summed E-state index contributed by atoms with van der Waals surface area (Å²) in [4.78, 5) is 2.65. The fourth-order valence-corrected chi connectivity index (χ4v) is 4.36. The molecule has 0 amide bonds. The number of hydrogen-bond donors (Lipinski definition) is 2. The minimum Gasteiger partial charge on any atom is -0.360 e. The van der Waals surface area contributed by atoms with Gasteiger partial charge in [0.1, 0.15) is 10.7 Å². The van der Waals surface area contributed by atoms with Crippen LogP contribution in [-0.4, -0.2) is 28.1 Å². The van der Waals surface area contributed by atoms with E-state index in [0.717, 1.165) is 12.3 Å². The Hall–Kier alpha value is -2.10. The fraction of sp³-hybridized carbons (Fsp3) is 0.0667. The van der Waals surface area contributed by atoms with Gasteiger partial charge in [0.2, 0.25) is 0 Å². The van der Waals surface area contributed by atoms with Crippen molar-refractivity contribution in [2.24, 2.45) is 0 Å². The molecule has 0 bridgehead atoms. The van der Waals surface area contributed by atoms with Crippen molar-refractivity contribution in [3.05, 3.63) is 53.4 Å². The summed E-state index contributed by atoms with van der Waals surface area (Å²) < 4.78 is 64.3. The topological polar surface area (TPSA) is 96.1 Å². The van der Waals surface area contributed by atoms with Crippen LogP contribution in [0.25, 0.3) is 10.9 Å². The molecule has 0 aliphatic rings. The molecule has 0 spiro atoms. The number of aromatic nitrogens is 1. The summed E-state index contributed by atoms with van der Waals surface area (Å²) in [6, 6.07) is 7.60. The number of benzene rings is 2. The molecule has 6 nitrogen and oxygen atoms in total. The summed E-state index contributed by atoms with van der Waals surface area (Å²) in [6.45, 7) is 0. The number of H-pyrrole nitrogens is 1. The van der Waals surface area contributed by atoms with E-state index in [1.807, 2.05) is 0 Å². The Kier molecular flexibility index (Phi) is 4.26. The SMILES string of the molecule is CS(=O)(=O)c1ccc2c(S(=O)(=O)Nc3ccc(Cl)cc3F)c[nH]c2c1. The molecule has 0 atom stereocenters. The minimum atomic E-state index is -4.09. The molecule has 10 heteroatoms. The molecule has 0 aliphatic carbocycles. The molecule has 0 saturated heterocycles. The molecule has 0 saturated carbocycles. The van der Waals surface area contributed by atoms with Crippen LogP contribution < -0.4 is 4.72 Å². The number of halogens is 2. The normalized spacial score (nSPS) is 12.4. The standard InChI is InChI=1S/C15H12ClFN2O4S2/c1-24(20,21)10-3-4-11-14(7-10)18-8-15(11)25(22,23)19-13-5-2-9(16)6-12(13)17/h2-8,18-19H,1H3. The van der Waals surface area contributed by atoms with Crippen LogP contribution in [0.15, 0.2) is 52.4 Å². The lowest BCUT2D eigenvalue weighted by atomic mass is 10.2. The highest BCUT2D eigenvalue weighted by Gasteiger charge is 2.21. The van der Waals surface area contributed by atoms with E-state index in [-0.39, 0.29) is 25.9 Å². The summed E-state index contributed by atoms with van der Waals surface area (Å²) in [5.41, 5.74) is 0.0892. The van der Waals surface area contributed by atoms with Gasteiger partial charge in [0, 0.05) is 28.4 Å². The van der Waals surface area contributed by atoms with Crippen LogP contribution in [0.5, 0.6) is 0 Å². The van der Waals surface area contributed by atoms with E-state index in [1.165, 1.54) is 36.5 Å². The van der Waals surface area contributed by atoms with Crippen molar-refractivity contribution >= 4 is 48.1 Å². The highest BCUT2D eigenvalue weighted by atomic mass is 35.5. The zero-order chi connectivity index (χ0) is 18.4. The van der Waals surface area contributed by atoms with E-state index in [0.29, 0.717) is 5.52 Å². The van der Waals surface area contributed by atoms with Crippen molar-refractivity contribution in [1.29, 1.82) is 0 Å². The predicted octanol–water partition coefficient (Wildman–Crippen LogP) is 3.16. The molecule has 2 N–H and O–H groups in total. The number of nitrogens with one attached hydrogen (secondary N) is 2. The Morgan fingerprint density at radius 3 is 2.44 bits per heavy atom. The summed E-state index contributed by atoms with van der Waals surface area (Å²) >= 11 is 5.65. The Labute approximate surface area is 148 Å². The van der Waals surface area contributed by atoms with E-state index in [1.54, 1.807) is 0 Å².